The van der Waals surface area contributed by atoms with Crippen LogP contribution in [0.5, 0.6) is 0 Å². The van der Waals surface area contributed by atoms with Gasteiger partial charge in [0.2, 0.25) is 0 Å². The van der Waals surface area contributed by atoms with Gasteiger partial charge in [0.05, 0.1) is 11.4 Å². The molecule has 2 heterocycles. The number of hydrogen-bond donors (Lipinski definition) is 0. The first-order valence-electron chi connectivity index (χ1n) is 19.5. The van der Waals surface area contributed by atoms with E-state index in [1.54, 1.807) is 0 Å². The van der Waals surface area contributed by atoms with Crippen LogP contribution < -0.4 is 0 Å². The molecule has 2 aromatic heterocycles. The number of furan rings is 1. The lowest BCUT2D eigenvalue weighted by molar-refractivity contribution is 0.670. The van der Waals surface area contributed by atoms with Crippen molar-refractivity contribution in [2.75, 3.05) is 0 Å². The van der Waals surface area contributed by atoms with Crippen LogP contribution in [0.4, 0.5) is 0 Å². The molecule has 0 fully saturated rings. The molecule has 0 amide bonds. The average Bonchev–Trinajstić information content (AvgIpc) is 3.80. The zero-order chi connectivity index (χ0) is 37.9. The van der Waals surface area contributed by atoms with Crippen molar-refractivity contribution in [1.82, 2.24) is 9.97 Å². The van der Waals surface area contributed by atoms with Gasteiger partial charge in [-0.1, -0.05) is 182 Å². The number of fused-ring (bicyclic) bond motifs is 6. The molecule has 57 heavy (non-hydrogen) atoms. The Bertz CT molecular complexity index is 3140. The van der Waals surface area contributed by atoms with E-state index < -0.39 is 0 Å². The van der Waals surface area contributed by atoms with E-state index in [1.165, 1.54) is 33.4 Å². The zero-order valence-electron chi connectivity index (χ0n) is 31.4. The van der Waals surface area contributed by atoms with Crippen molar-refractivity contribution < 1.29 is 4.42 Å². The summed E-state index contributed by atoms with van der Waals surface area (Å²) >= 11 is 0. The van der Waals surface area contributed by atoms with Crippen LogP contribution in [-0.4, -0.2) is 9.97 Å². The summed E-state index contributed by atoms with van der Waals surface area (Å²) in [6.07, 6.45) is 0. The first-order chi connectivity index (χ1) is 28.1. The molecule has 0 saturated heterocycles. The van der Waals surface area contributed by atoms with Crippen molar-refractivity contribution >= 4 is 21.9 Å². The molecule has 268 valence electrons. The highest BCUT2D eigenvalue weighted by molar-refractivity contribution is 6.09. The van der Waals surface area contributed by atoms with Gasteiger partial charge >= 0.3 is 0 Å². The summed E-state index contributed by atoms with van der Waals surface area (Å²) in [5, 5.41) is 2.23. The highest BCUT2D eigenvalue weighted by atomic mass is 16.3. The largest absolute Gasteiger partial charge is 0.455 e. The van der Waals surface area contributed by atoms with Crippen molar-refractivity contribution in [2.24, 2.45) is 0 Å². The van der Waals surface area contributed by atoms with E-state index in [0.29, 0.717) is 5.82 Å². The topological polar surface area (TPSA) is 38.9 Å². The fourth-order valence-corrected chi connectivity index (χ4v) is 9.06. The second kappa shape index (κ2) is 13.1. The Morgan fingerprint density at radius 1 is 0.404 bits per heavy atom. The third-order valence-electron chi connectivity index (χ3n) is 11.8. The molecule has 0 N–H and O–H groups in total. The van der Waals surface area contributed by atoms with Gasteiger partial charge in [-0.05, 0) is 69.6 Å². The molecule has 1 unspecified atom stereocenters. The van der Waals surface area contributed by atoms with E-state index in [2.05, 4.69) is 177 Å². The molecule has 0 bridgehead atoms. The van der Waals surface area contributed by atoms with Gasteiger partial charge in [0, 0.05) is 38.4 Å². The minimum absolute atomic E-state index is 0.293. The molecule has 3 nitrogen and oxygen atoms in total. The highest BCUT2D eigenvalue weighted by Crippen LogP contribution is 2.55. The quantitative estimate of drug-likeness (QED) is 0.171. The highest BCUT2D eigenvalue weighted by Gasteiger charge is 2.41. The average molecular weight is 729 g/mol. The van der Waals surface area contributed by atoms with E-state index in [1.807, 2.05) is 30.3 Å². The van der Waals surface area contributed by atoms with Crippen molar-refractivity contribution in [3.63, 3.8) is 0 Å². The first-order valence-corrected chi connectivity index (χ1v) is 19.5. The summed E-state index contributed by atoms with van der Waals surface area (Å²) in [5.74, 6) is 0.683. The molecular formula is C54H36N2O. The summed E-state index contributed by atoms with van der Waals surface area (Å²) in [6, 6.07) is 71.0. The van der Waals surface area contributed by atoms with Crippen LogP contribution in [0.1, 0.15) is 23.6 Å². The maximum Gasteiger partial charge on any atom is 0.160 e. The number of nitrogens with zero attached hydrogens (tertiary/aromatic N) is 2. The smallest absolute Gasteiger partial charge is 0.160 e. The van der Waals surface area contributed by atoms with Gasteiger partial charge in [0.15, 0.2) is 5.82 Å². The Morgan fingerprint density at radius 2 is 0.982 bits per heavy atom. The lowest BCUT2D eigenvalue weighted by Gasteiger charge is -2.28. The standard InChI is InChI=1S/C54H36N2O/c1-54(38-21-6-3-7-22-38)46-30-12-10-26-45(46)51-43(28-16-31-47(51)54)40-23-8-9-24-41(40)49-34-48(55-53(56-49)35-17-4-2-5-18-35)37-20-14-19-36(33-37)39-27-15-29-44-42-25-11-13-32-50(42)57-52(39)44/h2-34H,1H3. The van der Waals surface area contributed by atoms with Crippen LogP contribution in [0, 0.1) is 0 Å². The van der Waals surface area contributed by atoms with Gasteiger partial charge in [-0.3, -0.25) is 0 Å². The molecule has 0 aliphatic heterocycles. The number of para-hydroxylation sites is 2. The summed E-state index contributed by atoms with van der Waals surface area (Å²) in [4.78, 5) is 10.6. The Balaban J connectivity index is 1.10. The van der Waals surface area contributed by atoms with E-state index in [-0.39, 0.29) is 5.41 Å². The maximum absolute atomic E-state index is 6.46. The van der Waals surface area contributed by atoms with Crippen molar-refractivity contribution in [1.29, 1.82) is 0 Å². The van der Waals surface area contributed by atoms with Gasteiger partial charge in [0.1, 0.15) is 11.2 Å². The Hall–Kier alpha value is -7.36. The molecule has 0 radical (unpaired) electrons. The normalized spacial score (nSPS) is 14.5. The number of benzene rings is 8. The maximum atomic E-state index is 6.46. The van der Waals surface area contributed by atoms with E-state index in [4.69, 9.17) is 14.4 Å². The van der Waals surface area contributed by atoms with Crippen LogP contribution >= 0.6 is 0 Å². The van der Waals surface area contributed by atoms with Gasteiger partial charge in [-0.25, -0.2) is 9.97 Å². The second-order valence-electron chi connectivity index (χ2n) is 15.0. The number of rotatable bonds is 6. The van der Waals surface area contributed by atoms with Crippen LogP contribution in [0.2, 0.25) is 0 Å². The van der Waals surface area contributed by atoms with Crippen molar-refractivity contribution in [2.45, 2.75) is 12.3 Å². The molecule has 10 aromatic rings. The number of hydrogen-bond acceptors (Lipinski definition) is 3. The van der Waals surface area contributed by atoms with Gasteiger partial charge in [-0.2, -0.15) is 0 Å². The van der Waals surface area contributed by atoms with Crippen LogP contribution in [-0.2, 0) is 5.41 Å². The van der Waals surface area contributed by atoms with E-state index in [9.17, 15) is 0 Å². The lowest BCUT2D eigenvalue weighted by Crippen LogP contribution is -2.22. The van der Waals surface area contributed by atoms with Gasteiger partial charge in [-0.15, -0.1) is 0 Å². The van der Waals surface area contributed by atoms with Gasteiger partial charge < -0.3 is 4.42 Å². The summed E-state index contributed by atoms with van der Waals surface area (Å²) < 4.78 is 6.46. The van der Waals surface area contributed by atoms with Crippen LogP contribution in [0.25, 0.3) is 89.2 Å². The lowest BCUT2D eigenvalue weighted by atomic mass is 9.74. The molecule has 11 rings (SSSR count). The van der Waals surface area contributed by atoms with E-state index in [0.717, 1.165) is 66.7 Å². The summed E-state index contributed by atoms with van der Waals surface area (Å²) in [5.41, 5.74) is 17.2. The molecule has 8 aromatic carbocycles. The zero-order valence-corrected chi connectivity index (χ0v) is 31.4. The molecule has 1 atom stereocenters. The molecule has 0 saturated carbocycles. The van der Waals surface area contributed by atoms with E-state index >= 15 is 0 Å². The predicted octanol–water partition coefficient (Wildman–Crippen LogP) is 14.0. The second-order valence-corrected chi connectivity index (χ2v) is 15.0. The molecule has 1 aliphatic rings. The van der Waals surface area contributed by atoms with Gasteiger partial charge in [0.25, 0.3) is 0 Å². The molecular weight excluding hydrogens is 693 g/mol. The third kappa shape index (κ3) is 5.27. The Kier molecular flexibility index (Phi) is 7.61. The number of aromatic nitrogens is 2. The Labute approximate surface area is 331 Å². The Morgan fingerprint density at radius 3 is 1.84 bits per heavy atom. The fourth-order valence-electron chi connectivity index (χ4n) is 9.06. The molecule has 3 heteroatoms. The summed E-state index contributed by atoms with van der Waals surface area (Å²) in [7, 11) is 0. The van der Waals surface area contributed by atoms with Crippen molar-refractivity contribution in [3.05, 3.63) is 217 Å². The van der Waals surface area contributed by atoms with Crippen molar-refractivity contribution in [3.8, 4) is 67.3 Å². The minimum atomic E-state index is -0.293. The predicted molar refractivity (Wildman–Crippen MR) is 234 cm³/mol. The third-order valence-corrected chi connectivity index (χ3v) is 11.8. The summed E-state index contributed by atoms with van der Waals surface area (Å²) in [6.45, 7) is 2.37. The fraction of sp³-hybridized carbons (Fsp3) is 0.0370. The monoisotopic (exact) mass is 728 g/mol. The molecule has 0 spiro atoms. The first kappa shape index (κ1) is 33.0. The SMILES string of the molecule is CC1(c2ccccc2)c2ccccc2-c2c(-c3ccccc3-c3cc(-c4cccc(-c5cccc6c5oc5ccccc56)c4)nc(-c4ccccc4)n3)cccc21. The molecule has 1 aliphatic carbocycles. The minimum Gasteiger partial charge on any atom is -0.455 e. The van der Waals surface area contributed by atoms with Crippen LogP contribution in [0.15, 0.2) is 205 Å². The van der Waals surface area contributed by atoms with Crippen LogP contribution in [0.3, 0.4) is 0 Å².